The summed E-state index contributed by atoms with van der Waals surface area (Å²) in [6, 6.07) is 5.52. The van der Waals surface area contributed by atoms with Crippen molar-refractivity contribution in [2.24, 2.45) is 17.8 Å². The van der Waals surface area contributed by atoms with E-state index in [-0.39, 0.29) is 52.2 Å². The number of aliphatic carboxylic acids is 1. The van der Waals surface area contributed by atoms with Gasteiger partial charge >= 0.3 is 11.5 Å². The summed E-state index contributed by atoms with van der Waals surface area (Å²) in [4.78, 5) is 41.7. The van der Waals surface area contributed by atoms with Crippen LogP contribution in [0.2, 0.25) is 0 Å². The molecule has 2 amide bonds. The van der Waals surface area contributed by atoms with E-state index in [1.165, 1.54) is 25.4 Å². The lowest BCUT2D eigenvalue weighted by Crippen LogP contribution is -2.48. The van der Waals surface area contributed by atoms with E-state index < -0.39 is 55.8 Å². The Bertz CT molecular complexity index is 1760. The number of hydrogen-bond donors (Lipinski definition) is 3. The van der Waals surface area contributed by atoms with Gasteiger partial charge < -0.3 is 20.5 Å². The molecule has 0 saturated heterocycles. The van der Waals surface area contributed by atoms with Crippen molar-refractivity contribution in [1.29, 1.82) is 0 Å². The molecule has 5 rings (SSSR count). The number of amides is 2. The molecule has 3 aromatic rings. The van der Waals surface area contributed by atoms with Crippen LogP contribution >= 0.6 is 11.3 Å². The first kappa shape index (κ1) is 32.3. The number of carboxylic acid groups (broad SMARTS) is 1. The SMILES string of the molecule is COc1cc(F)c(-c2ncc(CCC(=O)O)s2)cc1C(=O)N[C@@H]1[C@H]2CC[C@H](C2)[C@@H]1C(=O)Nc1cccc(S(=O)(=O)C(F)(F)F)c1. The summed E-state index contributed by atoms with van der Waals surface area (Å²) in [5.41, 5.74) is -5.68. The number of halogens is 4. The summed E-state index contributed by atoms with van der Waals surface area (Å²) >= 11 is 1.09. The van der Waals surface area contributed by atoms with Gasteiger partial charge in [-0.3, -0.25) is 14.4 Å². The van der Waals surface area contributed by atoms with E-state index >= 15 is 4.39 Å². The summed E-state index contributed by atoms with van der Waals surface area (Å²) in [6.07, 6.45) is 3.55. The number of nitrogens with one attached hydrogen (secondary N) is 2. The van der Waals surface area contributed by atoms with E-state index in [4.69, 9.17) is 9.84 Å². The molecular weight excluding hydrogens is 642 g/mol. The molecule has 10 nitrogen and oxygen atoms in total. The maximum absolute atomic E-state index is 15.1. The average molecular weight is 670 g/mol. The first-order chi connectivity index (χ1) is 21.2. The molecule has 2 bridgehead atoms. The molecule has 240 valence electrons. The zero-order chi connectivity index (χ0) is 32.7. The van der Waals surface area contributed by atoms with E-state index in [2.05, 4.69) is 15.6 Å². The Morgan fingerprint density at radius 2 is 1.87 bits per heavy atom. The molecule has 0 spiro atoms. The molecule has 0 radical (unpaired) electrons. The molecule has 0 unspecified atom stereocenters. The number of ether oxygens (including phenoxy) is 1. The highest BCUT2D eigenvalue weighted by molar-refractivity contribution is 7.92. The van der Waals surface area contributed by atoms with Gasteiger partial charge in [0.1, 0.15) is 16.6 Å². The first-order valence-electron chi connectivity index (χ1n) is 13.8. The number of carbonyl (C=O) groups is 3. The minimum absolute atomic E-state index is 0.00320. The predicted octanol–water partition coefficient (Wildman–Crippen LogP) is 5.05. The van der Waals surface area contributed by atoms with E-state index in [0.717, 1.165) is 42.0 Å². The topological polar surface area (TPSA) is 152 Å². The van der Waals surface area contributed by atoms with E-state index in [1.54, 1.807) is 0 Å². The Morgan fingerprint density at radius 3 is 2.56 bits per heavy atom. The number of nitrogens with zero attached hydrogens (tertiary/aromatic N) is 1. The van der Waals surface area contributed by atoms with Gasteiger partial charge in [-0.25, -0.2) is 17.8 Å². The molecule has 1 aromatic heterocycles. The number of anilines is 1. The number of carbonyl (C=O) groups excluding carboxylic acids is 2. The number of fused-ring (bicyclic) bond motifs is 2. The van der Waals surface area contributed by atoms with Crippen molar-refractivity contribution in [1.82, 2.24) is 10.3 Å². The van der Waals surface area contributed by atoms with Crippen molar-refractivity contribution in [2.75, 3.05) is 12.4 Å². The van der Waals surface area contributed by atoms with Gasteiger partial charge in [-0.15, -0.1) is 11.3 Å². The first-order valence-corrected chi connectivity index (χ1v) is 16.1. The predicted molar refractivity (Wildman–Crippen MR) is 154 cm³/mol. The third-order valence-electron chi connectivity index (χ3n) is 8.14. The van der Waals surface area contributed by atoms with Crippen molar-refractivity contribution < 1.29 is 50.2 Å². The zero-order valence-electron chi connectivity index (χ0n) is 23.6. The quantitative estimate of drug-likeness (QED) is 0.254. The van der Waals surface area contributed by atoms with Crippen LogP contribution in [0.25, 0.3) is 10.6 Å². The summed E-state index contributed by atoms with van der Waals surface area (Å²) in [7, 11) is -4.37. The number of thiazole rings is 1. The number of sulfone groups is 1. The Hall–Kier alpha value is -4.05. The Labute approximate surface area is 258 Å². The second kappa shape index (κ2) is 12.4. The van der Waals surface area contributed by atoms with Crippen LogP contribution in [0.4, 0.5) is 23.2 Å². The summed E-state index contributed by atoms with van der Waals surface area (Å²) in [6.45, 7) is 0. The molecule has 0 aliphatic heterocycles. The molecule has 4 atom stereocenters. The van der Waals surface area contributed by atoms with Crippen LogP contribution in [0.5, 0.6) is 5.75 Å². The molecule has 2 aliphatic rings. The molecule has 3 N–H and O–H groups in total. The summed E-state index contributed by atoms with van der Waals surface area (Å²) in [5.74, 6) is -3.98. The van der Waals surface area contributed by atoms with E-state index in [0.29, 0.717) is 17.7 Å². The smallest absolute Gasteiger partial charge is 0.496 e. The number of hydrogen-bond acceptors (Lipinski definition) is 8. The lowest BCUT2D eigenvalue weighted by atomic mass is 9.83. The van der Waals surface area contributed by atoms with E-state index in [9.17, 15) is 36.0 Å². The molecule has 1 heterocycles. The Morgan fingerprint density at radius 1 is 1.13 bits per heavy atom. The van der Waals surface area contributed by atoms with Crippen LogP contribution in [0.3, 0.4) is 0 Å². The molecule has 45 heavy (non-hydrogen) atoms. The molecule has 2 saturated carbocycles. The maximum atomic E-state index is 15.1. The second-order valence-electron chi connectivity index (χ2n) is 10.9. The van der Waals surface area contributed by atoms with Gasteiger partial charge in [0.15, 0.2) is 0 Å². The lowest BCUT2D eigenvalue weighted by Gasteiger charge is -2.31. The number of rotatable bonds is 10. The van der Waals surface area contributed by atoms with Crippen molar-refractivity contribution >= 4 is 44.6 Å². The van der Waals surface area contributed by atoms with Crippen LogP contribution in [0.15, 0.2) is 47.5 Å². The van der Waals surface area contributed by atoms with Crippen LogP contribution in [0, 0.1) is 23.6 Å². The van der Waals surface area contributed by atoms with Crippen molar-refractivity contribution in [3.63, 3.8) is 0 Å². The Balaban J connectivity index is 1.37. The number of alkyl halides is 3. The van der Waals surface area contributed by atoms with Crippen molar-refractivity contribution in [3.05, 3.63) is 58.9 Å². The van der Waals surface area contributed by atoms with Gasteiger partial charge in [0.2, 0.25) is 5.91 Å². The fourth-order valence-corrected chi connectivity index (χ4v) is 7.79. The van der Waals surface area contributed by atoms with Crippen LogP contribution in [-0.4, -0.2) is 55.0 Å². The molecular formula is C29H27F4N3O7S2. The fraction of sp³-hybridized carbons (Fsp3) is 0.379. The molecule has 2 aliphatic carbocycles. The maximum Gasteiger partial charge on any atom is 0.501 e. The highest BCUT2D eigenvalue weighted by atomic mass is 32.2. The number of methoxy groups -OCH3 is 1. The van der Waals surface area contributed by atoms with Gasteiger partial charge in [0.05, 0.1) is 29.9 Å². The van der Waals surface area contributed by atoms with Gasteiger partial charge in [0.25, 0.3) is 15.7 Å². The van der Waals surface area contributed by atoms with Gasteiger partial charge in [-0.2, -0.15) is 13.2 Å². The van der Waals surface area contributed by atoms with Crippen molar-refractivity contribution in [3.8, 4) is 16.3 Å². The normalized spacial score (nSPS) is 21.0. The van der Waals surface area contributed by atoms with Crippen molar-refractivity contribution in [2.45, 2.75) is 48.5 Å². The van der Waals surface area contributed by atoms with Gasteiger partial charge in [-0.05, 0) is 61.8 Å². The highest BCUT2D eigenvalue weighted by Gasteiger charge is 2.52. The minimum Gasteiger partial charge on any atom is -0.496 e. The minimum atomic E-state index is -5.63. The number of aromatic nitrogens is 1. The number of carboxylic acids is 1. The second-order valence-corrected chi connectivity index (χ2v) is 13.9. The number of benzene rings is 2. The van der Waals surface area contributed by atoms with Crippen LogP contribution in [0.1, 0.15) is 40.9 Å². The van der Waals surface area contributed by atoms with Crippen LogP contribution in [-0.2, 0) is 25.8 Å². The van der Waals surface area contributed by atoms with Gasteiger partial charge in [0, 0.05) is 34.4 Å². The molecule has 16 heteroatoms. The largest absolute Gasteiger partial charge is 0.501 e. The average Bonchev–Trinajstić information content (AvgIpc) is 3.72. The molecule has 2 fully saturated rings. The van der Waals surface area contributed by atoms with Gasteiger partial charge in [-0.1, -0.05) is 6.07 Å². The fourth-order valence-electron chi connectivity index (χ4n) is 6.05. The highest BCUT2D eigenvalue weighted by Crippen LogP contribution is 2.49. The summed E-state index contributed by atoms with van der Waals surface area (Å²) < 4.78 is 83.2. The lowest BCUT2D eigenvalue weighted by molar-refractivity contribution is -0.137. The number of aryl methyl sites for hydroxylation is 1. The zero-order valence-corrected chi connectivity index (χ0v) is 25.2. The third kappa shape index (κ3) is 6.52. The summed E-state index contributed by atoms with van der Waals surface area (Å²) in [5, 5.41) is 14.6. The van der Waals surface area contributed by atoms with E-state index in [1.807, 2.05) is 0 Å². The third-order valence-corrected chi connectivity index (χ3v) is 10.7. The standard InChI is InChI=1S/C29H27F4N3O7S2/c1-43-22-12-21(30)19(28-34-13-17(44-28)7-8-23(37)38)11-20(22)26(39)36-25-15-6-5-14(9-15)24(25)27(40)35-16-3-2-4-18(10-16)45(41,42)29(31,32)33/h2-4,10-15,24-25H,5-9H2,1H3,(H,35,40)(H,36,39)(H,37,38)/t14-,15+,24+,25-/m1/s1. The Kier molecular flexibility index (Phi) is 8.90. The monoisotopic (exact) mass is 669 g/mol. The molecule has 2 aromatic carbocycles. The van der Waals surface area contributed by atoms with Crippen LogP contribution < -0.4 is 15.4 Å².